The van der Waals surface area contributed by atoms with Crippen LogP contribution in [-0.4, -0.2) is 46.9 Å². The van der Waals surface area contributed by atoms with Gasteiger partial charge in [-0.1, -0.05) is 0 Å². The Balaban J connectivity index is 1.84. The van der Waals surface area contributed by atoms with Gasteiger partial charge in [-0.15, -0.1) is 11.3 Å². The highest BCUT2D eigenvalue weighted by molar-refractivity contribution is 7.17. The average molecular weight is 451 g/mol. The number of H-pyrrole nitrogens is 1. The molecule has 0 aromatic carbocycles. The molecule has 3 heterocycles. The second kappa shape index (κ2) is 8.60. The number of ether oxygens (including phenoxy) is 3. The number of aromatic amines is 1. The summed E-state index contributed by atoms with van der Waals surface area (Å²) in [5.74, 6) is -0.763. The number of primary amides is 1. The molecule has 170 valence electrons. The summed E-state index contributed by atoms with van der Waals surface area (Å²) in [5.41, 5.74) is 5.92. The number of aromatic nitrogens is 2. The summed E-state index contributed by atoms with van der Waals surface area (Å²) >= 11 is 1.30. The molecule has 0 unspecified atom stereocenters. The number of nitrogens with zero attached hydrogens (tertiary/aromatic N) is 1. The quantitative estimate of drug-likeness (QED) is 0.530. The molecule has 0 fully saturated rings. The first-order valence-electron chi connectivity index (χ1n) is 10.2. The van der Waals surface area contributed by atoms with Crippen molar-refractivity contribution in [1.29, 1.82) is 0 Å². The van der Waals surface area contributed by atoms with E-state index in [9.17, 15) is 9.59 Å². The molecule has 4 N–H and O–H groups in total. The highest BCUT2D eigenvalue weighted by Crippen LogP contribution is 2.48. The van der Waals surface area contributed by atoms with Gasteiger partial charge >= 0.3 is 0 Å². The predicted octanol–water partition coefficient (Wildman–Crippen LogP) is 3.21. The molecule has 2 aromatic rings. The van der Waals surface area contributed by atoms with Crippen molar-refractivity contribution in [3.63, 3.8) is 0 Å². The third kappa shape index (κ3) is 5.08. The van der Waals surface area contributed by atoms with E-state index < -0.39 is 23.0 Å². The van der Waals surface area contributed by atoms with Crippen LogP contribution >= 0.6 is 11.3 Å². The molecular weight excluding hydrogens is 420 g/mol. The van der Waals surface area contributed by atoms with Crippen LogP contribution in [0.3, 0.4) is 0 Å². The largest absolute Gasteiger partial charge is 0.487 e. The minimum Gasteiger partial charge on any atom is -0.487 e. The van der Waals surface area contributed by atoms with Crippen molar-refractivity contribution >= 4 is 28.2 Å². The number of carbonyl (C=O) groups is 2. The zero-order chi connectivity index (χ0) is 23.0. The zero-order valence-corrected chi connectivity index (χ0v) is 19.6. The molecule has 3 rings (SSSR count). The van der Waals surface area contributed by atoms with Crippen LogP contribution < -0.4 is 15.8 Å². The molecule has 0 radical (unpaired) electrons. The first kappa shape index (κ1) is 23.2. The Morgan fingerprint density at radius 1 is 1.32 bits per heavy atom. The number of fused-ring (bicyclic) bond motifs is 1. The minimum absolute atomic E-state index is 0.0889. The van der Waals surface area contributed by atoms with Crippen molar-refractivity contribution in [2.24, 2.45) is 5.73 Å². The highest BCUT2D eigenvalue weighted by atomic mass is 32.1. The molecule has 2 aromatic heterocycles. The molecule has 1 aliphatic heterocycles. The van der Waals surface area contributed by atoms with Crippen LogP contribution in [0, 0.1) is 0 Å². The summed E-state index contributed by atoms with van der Waals surface area (Å²) in [5, 5.41) is 9.75. The SMILES string of the molecule is CC(C)OCCOc1cn[nH]c1C(=O)Nc1sc2c(c1C(N)=O)CC(C)(C)OC2(C)C. The number of nitrogens with two attached hydrogens (primary N) is 1. The van der Waals surface area contributed by atoms with Crippen LogP contribution in [0.5, 0.6) is 5.75 Å². The van der Waals surface area contributed by atoms with E-state index in [1.165, 1.54) is 17.5 Å². The van der Waals surface area contributed by atoms with Crippen molar-refractivity contribution in [3.05, 3.63) is 27.9 Å². The Bertz CT molecular complexity index is 977. The van der Waals surface area contributed by atoms with Gasteiger partial charge in [0.1, 0.15) is 11.6 Å². The van der Waals surface area contributed by atoms with Gasteiger partial charge in [0.2, 0.25) is 0 Å². The van der Waals surface area contributed by atoms with Gasteiger partial charge in [0.05, 0.1) is 35.7 Å². The normalized spacial score (nSPS) is 16.7. The van der Waals surface area contributed by atoms with Gasteiger partial charge in [0.15, 0.2) is 11.4 Å². The summed E-state index contributed by atoms with van der Waals surface area (Å²) in [6.45, 7) is 12.4. The lowest BCUT2D eigenvalue weighted by atomic mass is 9.86. The summed E-state index contributed by atoms with van der Waals surface area (Å²) in [4.78, 5) is 26.1. The van der Waals surface area contributed by atoms with E-state index >= 15 is 0 Å². The van der Waals surface area contributed by atoms with Gasteiger partial charge in [-0.25, -0.2) is 0 Å². The van der Waals surface area contributed by atoms with Crippen molar-refractivity contribution in [1.82, 2.24) is 10.2 Å². The number of rotatable bonds is 8. The summed E-state index contributed by atoms with van der Waals surface area (Å²) in [7, 11) is 0. The van der Waals surface area contributed by atoms with Crippen LogP contribution in [0.15, 0.2) is 6.20 Å². The maximum absolute atomic E-state index is 12.9. The van der Waals surface area contributed by atoms with Crippen LogP contribution in [0.25, 0.3) is 0 Å². The fourth-order valence-electron chi connectivity index (χ4n) is 3.82. The average Bonchev–Trinajstić information content (AvgIpc) is 3.21. The Morgan fingerprint density at radius 3 is 2.68 bits per heavy atom. The molecule has 0 atom stereocenters. The van der Waals surface area contributed by atoms with E-state index in [1.54, 1.807) is 0 Å². The molecule has 0 aliphatic carbocycles. The van der Waals surface area contributed by atoms with Crippen LogP contribution in [0.4, 0.5) is 5.00 Å². The Morgan fingerprint density at radius 2 is 2.03 bits per heavy atom. The van der Waals surface area contributed by atoms with Crippen molar-refractivity contribution in [2.75, 3.05) is 18.5 Å². The third-order valence-corrected chi connectivity index (χ3v) is 6.24. The molecule has 0 spiro atoms. The second-order valence-corrected chi connectivity index (χ2v) is 9.88. The van der Waals surface area contributed by atoms with E-state index in [0.717, 1.165) is 10.4 Å². The first-order valence-corrected chi connectivity index (χ1v) is 11.0. The molecule has 0 saturated heterocycles. The number of thiophene rings is 1. The fourth-order valence-corrected chi connectivity index (χ4v) is 5.07. The number of amides is 2. The zero-order valence-electron chi connectivity index (χ0n) is 18.8. The number of hydrogen-bond acceptors (Lipinski definition) is 7. The molecule has 2 amide bonds. The molecule has 0 saturated carbocycles. The maximum Gasteiger partial charge on any atom is 0.278 e. The molecular formula is C21H30N4O5S. The Labute approximate surface area is 185 Å². The van der Waals surface area contributed by atoms with E-state index in [4.69, 9.17) is 19.9 Å². The van der Waals surface area contributed by atoms with E-state index in [2.05, 4.69) is 15.5 Å². The van der Waals surface area contributed by atoms with Gasteiger partial charge in [-0.2, -0.15) is 5.10 Å². The fraction of sp³-hybridized carbons (Fsp3) is 0.571. The van der Waals surface area contributed by atoms with E-state index in [-0.39, 0.29) is 18.4 Å². The lowest BCUT2D eigenvalue weighted by molar-refractivity contribution is -0.135. The number of hydrogen-bond donors (Lipinski definition) is 3. The Hall–Kier alpha value is -2.43. The number of carbonyl (C=O) groups excluding carboxylic acids is 2. The minimum atomic E-state index is -0.617. The van der Waals surface area contributed by atoms with Crippen molar-refractivity contribution < 1.29 is 23.8 Å². The van der Waals surface area contributed by atoms with Crippen LogP contribution in [0.2, 0.25) is 0 Å². The maximum atomic E-state index is 12.9. The van der Waals surface area contributed by atoms with Gasteiger partial charge < -0.3 is 25.3 Å². The van der Waals surface area contributed by atoms with Crippen LogP contribution in [-0.2, 0) is 21.5 Å². The molecule has 1 aliphatic rings. The molecule has 10 heteroatoms. The smallest absolute Gasteiger partial charge is 0.278 e. The highest BCUT2D eigenvalue weighted by Gasteiger charge is 2.43. The summed E-state index contributed by atoms with van der Waals surface area (Å²) in [6.07, 6.45) is 2.04. The Kier molecular flexibility index (Phi) is 6.45. The van der Waals surface area contributed by atoms with Crippen LogP contribution in [0.1, 0.15) is 72.8 Å². The number of anilines is 1. The van der Waals surface area contributed by atoms with E-state index in [0.29, 0.717) is 29.3 Å². The van der Waals surface area contributed by atoms with Gasteiger partial charge in [-0.05, 0) is 47.1 Å². The van der Waals surface area contributed by atoms with Gasteiger partial charge in [0.25, 0.3) is 11.8 Å². The molecule has 9 nitrogen and oxygen atoms in total. The van der Waals surface area contributed by atoms with Gasteiger partial charge in [0, 0.05) is 11.3 Å². The van der Waals surface area contributed by atoms with Crippen molar-refractivity contribution in [3.8, 4) is 5.75 Å². The third-order valence-electron chi connectivity index (χ3n) is 4.78. The van der Waals surface area contributed by atoms with E-state index in [1.807, 2.05) is 41.5 Å². The van der Waals surface area contributed by atoms with Crippen molar-refractivity contribution in [2.45, 2.75) is 65.3 Å². The number of nitrogens with one attached hydrogen (secondary N) is 2. The summed E-state index contributed by atoms with van der Waals surface area (Å²) < 4.78 is 17.3. The standard InChI is InChI=1S/C21H30N4O5S/c1-11(2)28-7-8-29-13-10-23-25-15(13)18(27)24-19-14(17(22)26)12-9-20(3,4)30-21(5,6)16(12)31-19/h10-11H,7-9H2,1-6H3,(H2,22,26)(H,23,25)(H,24,27). The molecule has 0 bridgehead atoms. The lowest BCUT2D eigenvalue weighted by Crippen LogP contribution is -2.42. The predicted molar refractivity (Wildman–Crippen MR) is 118 cm³/mol. The topological polar surface area (TPSA) is 129 Å². The second-order valence-electron chi connectivity index (χ2n) is 8.86. The lowest BCUT2D eigenvalue weighted by Gasteiger charge is -2.41. The summed E-state index contributed by atoms with van der Waals surface area (Å²) in [6, 6.07) is 0. The van der Waals surface area contributed by atoms with Gasteiger partial charge in [-0.3, -0.25) is 14.7 Å². The first-order chi connectivity index (χ1) is 14.4. The molecule has 31 heavy (non-hydrogen) atoms. The monoisotopic (exact) mass is 450 g/mol.